The van der Waals surface area contributed by atoms with Gasteiger partial charge in [-0.2, -0.15) is 5.26 Å². The molecule has 0 fully saturated rings. The van der Waals surface area contributed by atoms with E-state index in [1.54, 1.807) is 38.1 Å². The van der Waals surface area contributed by atoms with Crippen molar-refractivity contribution in [2.45, 2.75) is 20.4 Å². The zero-order valence-corrected chi connectivity index (χ0v) is 13.1. The molecule has 0 radical (unpaired) electrons. The molecular weight excluding hydrogens is 296 g/mol. The van der Waals surface area contributed by atoms with E-state index < -0.39 is 5.56 Å². The molecule has 23 heavy (non-hydrogen) atoms. The number of ether oxygens (including phenoxy) is 1. The normalized spacial score (nSPS) is 10.7. The summed E-state index contributed by atoms with van der Waals surface area (Å²) >= 11 is 0. The third-order valence-electron chi connectivity index (χ3n) is 3.43. The van der Waals surface area contributed by atoms with Gasteiger partial charge in [-0.05, 0) is 26.0 Å². The number of nitriles is 1. The van der Waals surface area contributed by atoms with Gasteiger partial charge in [0.2, 0.25) is 5.88 Å². The second-order valence-corrected chi connectivity index (χ2v) is 4.71. The molecule has 0 aliphatic carbocycles. The molecule has 2 rings (SSSR count). The van der Waals surface area contributed by atoms with Crippen LogP contribution in [0.1, 0.15) is 18.1 Å². The molecule has 0 aliphatic rings. The predicted molar refractivity (Wildman–Crippen MR) is 84.7 cm³/mol. The molecule has 0 unspecified atom stereocenters. The first kappa shape index (κ1) is 16.2. The van der Waals surface area contributed by atoms with Gasteiger partial charge in [0.25, 0.3) is 5.56 Å². The van der Waals surface area contributed by atoms with Gasteiger partial charge in [0.1, 0.15) is 23.1 Å². The molecule has 2 aromatic rings. The monoisotopic (exact) mass is 312 g/mol. The van der Waals surface area contributed by atoms with Crippen LogP contribution in [0.15, 0.2) is 39.3 Å². The molecule has 7 nitrogen and oxygen atoms in total. The third-order valence-corrected chi connectivity index (χ3v) is 3.43. The summed E-state index contributed by atoms with van der Waals surface area (Å²) in [6, 6.07) is 8.87. The number of hydrogen-bond acceptors (Lipinski definition) is 6. The Morgan fingerprint density at radius 1 is 1.35 bits per heavy atom. The van der Waals surface area contributed by atoms with Gasteiger partial charge in [-0.15, -0.1) is 10.2 Å². The molecule has 0 bridgehead atoms. The van der Waals surface area contributed by atoms with Gasteiger partial charge in [0.15, 0.2) is 5.69 Å². The Balaban J connectivity index is 2.63. The first-order valence-corrected chi connectivity index (χ1v) is 6.96. The molecule has 0 saturated heterocycles. The Hall–Kier alpha value is -3.14. The van der Waals surface area contributed by atoms with E-state index in [4.69, 9.17) is 4.74 Å². The van der Waals surface area contributed by atoms with Crippen LogP contribution in [-0.2, 0) is 6.54 Å². The van der Waals surface area contributed by atoms with Gasteiger partial charge in [0, 0.05) is 12.1 Å². The summed E-state index contributed by atoms with van der Waals surface area (Å²) in [7, 11) is 1.51. The second kappa shape index (κ2) is 6.75. The number of aromatic hydroxyl groups is 1. The quantitative estimate of drug-likeness (QED) is 0.876. The van der Waals surface area contributed by atoms with Gasteiger partial charge in [-0.1, -0.05) is 12.1 Å². The van der Waals surface area contributed by atoms with Crippen LogP contribution in [0.5, 0.6) is 11.6 Å². The van der Waals surface area contributed by atoms with E-state index in [9.17, 15) is 15.2 Å². The van der Waals surface area contributed by atoms with Crippen molar-refractivity contribution in [1.29, 1.82) is 5.26 Å². The molecule has 0 atom stereocenters. The number of pyridine rings is 1. The van der Waals surface area contributed by atoms with Crippen molar-refractivity contribution in [3.8, 4) is 17.7 Å². The average molecular weight is 312 g/mol. The average Bonchev–Trinajstić information content (AvgIpc) is 2.56. The van der Waals surface area contributed by atoms with Crippen LogP contribution >= 0.6 is 0 Å². The van der Waals surface area contributed by atoms with Crippen molar-refractivity contribution in [3.05, 3.63) is 45.7 Å². The summed E-state index contributed by atoms with van der Waals surface area (Å²) in [4.78, 5) is 12.4. The fourth-order valence-corrected chi connectivity index (χ4v) is 2.17. The number of aromatic nitrogens is 1. The minimum atomic E-state index is -0.500. The van der Waals surface area contributed by atoms with E-state index in [1.807, 2.05) is 6.07 Å². The van der Waals surface area contributed by atoms with Crippen molar-refractivity contribution in [1.82, 2.24) is 4.57 Å². The van der Waals surface area contributed by atoms with Gasteiger partial charge in [-0.3, -0.25) is 9.36 Å². The Morgan fingerprint density at radius 2 is 2.04 bits per heavy atom. The molecule has 1 aromatic heterocycles. The van der Waals surface area contributed by atoms with Crippen LogP contribution in [0.25, 0.3) is 0 Å². The first-order valence-electron chi connectivity index (χ1n) is 6.96. The number of nitrogens with zero attached hydrogens (tertiary/aromatic N) is 4. The molecule has 1 heterocycles. The van der Waals surface area contributed by atoms with Gasteiger partial charge >= 0.3 is 0 Å². The van der Waals surface area contributed by atoms with Crippen molar-refractivity contribution in [3.63, 3.8) is 0 Å². The smallest absolute Gasteiger partial charge is 0.281 e. The minimum Gasteiger partial charge on any atom is -0.494 e. The third kappa shape index (κ3) is 2.92. The Kier molecular flexibility index (Phi) is 4.76. The molecule has 1 aromatic carbocycles. The summed E-state index contributed by atoms with van der Waals surface area (Å²) in [5, 5.41) is 27.2. The van der Waals surface area contributed by atoms with E-state index in [0.29, 0.717) is 17.0 Å². The zero-order chi connectivity index (χ0) is 17.0. The van der Waals surface area contributed by atoms with Crippen LogP contribution in [-0.4, -0.2) is 16.8 Å². The van der Waals surface area contributed by atoms with E-state index in [-0.39, 0.29) is 23.7 Å². The molecular formula is C16H16N4O3. The van der Waals surface area contributed by atoms with E-state index in [1.165, 1.54) is 7.11 Å². The first-order chi connectivity index (χ1) is 11.0. The van der Waals surface area contributed by atoms with E-state index in [2.05, 4.69) is 10.2 Å². The minimum absolute atomic E-state index is 0.0143. The predicted octanol–water partition coefficient (Wildman–Crippen LogP) is 3.18. The Bertz CT molecular complexity index is 863. The lowest BCUT2D eigenvalue weighted by Crippen LogP contribution is -2.20. The Labute approximate surface area is 133 Å². The maximum absolute atomic E-state index is 12.4. The topological polar surface area (TPSA) is 100.0 Å². The lowest BCUT2D eigenvalue weighted by atomic mass is 10.1. The maximum atomic E-state index is 12.4. The molecule has 118 valence electrons. The van der Waals surface area contributed by atoms with E-state index >= 15 is 0 Å². The maximum Gasteiger partial charge on any atom is 0.281 e. The molecule has 0 amide bonds. The fourth-order valence-electron chi connectivity index (χ4n) is 2.17. The lowest BCUT2D eigenvalue weighted by molar-refractivity contribution is 0.409. The van der Waals surface area contributed by atoms with Crippen molar-refractivity contribution in [2.24, 2.45) is 10.2 Å². The van der Waals surface area contributed by atoms with Crippen molar-refractivity contribution >= 4 is 11.4 Å². The van der Waals surface area contributed by atoms with Crippen LogP contribution < -0.4 is 10.3 Å². The number of methoxy groups -OCH3 is 1. The molecule has 0 spiro atoms. The van der Waals surface area contributed by atoms with Crippen LogP contribution in [0.3, 0.4) is 0 Å². The largest absolute Gasteiger partial charge is 0.494 e. The fraction of sp³-hybridized carbons (Fsp3) is 0.250. The lowest BCUT2D eigenvalue weighted by Gasteiger charge is -2.10. The zero-order valence-electron chi connectivity index (χ0n) is 13.1. The standard InChI is InChI=1S/C16H16N4O3/c1-4-20-15(21)11(9-17)10(2)14(16(20)22)19-18-12-7-5-6-8-13(12)23-3/h5-8,21H,4H2,1-3H3. The van der Waals surface area contributed by atoms with Crippen molar-refractivity contribution < 1.29 is 9.84 Å². The van der Waals surface area contributed by atoms with Gasteiger partial charge < -0.3 is 9.84 Å². The number of para-hydroxylation sites is 1. The number of benzene rings is 1. The van der Waals surface area contributed by atoms with Crippen LogP contribution in [0, 0.1) is 18.3 Å². The Morgan fingerprint density at radius 3 is 2.65 bits per heavy atom. The summed E-state index contributed by atoms with van der Waals surface area (Å²) < 4.78 is 6.26. The van der Waals surface area contributed by atoms with Crippen LogP contribution in [0.4, 0.5) is 11.4 Å². The molecule has 0 saturated carbocycles. The highest BCUT2D eigenvalue weighted by Crippen LogP contribution is 2.30. The summed E-state index contributed by atoms with van der Waals surface area (Å²) in [6.07, 6.45) is 0. The highest BCUT2D eigenvalue weighted by atomic mass is 16.5. The SMILES string of the molecule is CCn1c(O)c(C#N)c(C)c(N=Nc2ccccc2OC)c1=O. The highest BCUT2D eigenvalue weighted by molar-refractivity contribution is 5.57. The van der Waals surface area contributed by atoms with Crippen LogP contribution in [0.2, 0.25) is 0 Å². The number of hydrogen-bond donors (Lipinski definition) is 1. The molecule has 7 heteroatoms. The van der Waals surface area contributed by atoms with Gasteiger partial charge in [0.05, 0.1) is 7.11 Å². The number of rotatable bonds is 4. The van der Waals surface area contributed by atoms with Gasteiger partial charge in [-0.25, -0.2) is 0 Å². The summed E-state index contributed by atoms with van der Waals surface area (Å²) in [5.41, 5.74) is 0.287. The molecule has 0 aliphatic heterocycles. The summed E-state index contributed by atoms with van der Waals surface area (Å²) in [6.45, 7) is 3.46. The number of azo groups is 1. The second-order valence-electron chi connectivity index (χ2n) is 4.71. The highest BCUT2D eigenvalue weighted by Gasteiger charge is 2.18. The molecule has 1 N–H and O–H groups in total. The van der Waals surface area contributed by atoms with E-state index in [0.717, 1.165) is 4.57 Å². The van der Waals surface area contributed by atoms with Crippen molar-refractivity contribution in [2.75, 3.05) is 7.11 Å². The summed E-state index contributed by atoms with van der Waals surface area (Å²) in [5.74, 6) is 0.165.